The molecular formula is C17H29N3O2S. The molecule has 6 heteroatoms. The Morgan fingerprint density at radius 3 is 2.35 bits per heavy atom. The average Bonchev–Trinajstić information content (AvgIpc) is 2.41. The largest absolute Gasteiger partial charge is 0.357 e. The Kier molecular flexibility index (Phi) is 8.09. The van der Waals surface area contributed by atoms with Crippen LogP contribution in [0.15, 0.2) is 23.2 Å². The van der Waals surface area contributed by atoms with Gasteiger partial charge in [-0.3, -0.25) is 4.99 Å². The van der Waals surface area contributed by atoms with Crippen molar-refractivity contribution < 1.29 is 8.42 Å². The molecule has 0 saturated carbocycles. The highest BCUT2D eigenvalue weighted by molar-refractivity contribution is 7.90. The fourth-order valence-corrected chi connectivity index (χ4v) is 3.05. The molecular weight excluding hydrogens is 310 g/mol. The van der Waals surface area contributed by atoms with Crippen molar-refractivity contribution in [1.29, 1.82) is 0 Å². The van der Waals surface area contributed by atoms with E-state index in [9.17, 15) is 8.42 Å². The Bertz CT molecular complexity index is 604. The molecule has 0 heterocycles. The van der Waals surface area contributed by atoms with Gasteiger partial charge in [-0.1, -0.05) is 29.3 Å². The highest BCUT2D eigenvalue weighted by atomic mass is 32.2. The number of rotatable bonds is 8. The van der Waals surface area contributed by atoms with E-state index < -0.39 is 9.84 Å². The maximum absolute atomic E-state index is 11.1. The normalized spacial score (nSPS) is 12.3. The number of aryl methyl sites for hydroxylation is 2. The number of benzene rings is 1. The van der Waals surface area contributed by atoms with Crippen molar-refractivity contribution in [2.45, 2.75) is 33.6 Å². The van der Waals surface area contributed by atoms with Gasteiger partial charge in [-0.2, -0.15) is 0 Å². The van der Waals surface area contributed by atoms with E-state index in [0.717, 1.165) is 25.5 Å². The van der Waals surface area contributed by atoms with Crippen LogP contribution >= 0.6 is 0 Å². The fraction of sp³-hybridized carbons (Fsp3) is 0.588. The first-order valence-electron chi connectivity index (χ1n) is 8.07. The molecule has 130 valence electrons. The molecule has 0 unspecified atom stereocenters. The summed E-state index contributed by atoms with van der Waals surface area (Å²) < 4.78 is 22.2. The lowest BCUT2D eigenvalue weighted by atomic mass is 10.1. The van der Waals surface area contributed by atoms with Crippen LogP contribution in [0.2, 0.25) is 0 Å². The Balaban J connectivity index is 2.46. The minimum absolute atomic E-state index is 0.179. The SMILES string of the molecule is CCNC(=NCCCS(C)(=O)=O)NCCc1cc(C)cc(C)c1. The van der Waals surface area contributed by atoms with E-state index in [1.165, 1.54) is 22.9 Å². The van der Waals surface area contributed by atoms with Gasteiger partial charge in [0.05, 0.1) is 5.75 Å². The molecule has 0 aliphatic heterocycles. The zero-order chi connectivity index (χ0) is 17.3. The predicted molar refractivity (Wildman–Crippen MR) is 97.9 cm³/mol. The van der Waals surface area contributed by atoms with Crippen molar-refractivity contribution in [3.63, 3.8) is 0 Å². The van der Waals surface area contributed by atoms with Gasteiger partial charge >= 0.3 is 0 Å². The number of hydrogen-bond donors (Lipinski definition) is 2. The summed E-state index contributed by atoms with van der Waals surface area (Å²) in [6, 6.07) is 6.57. The molecule has 5 nitrogen and oxygen atoms in total. The first kappa shape index (κ1) is 19.5. The van der Waals surface area contributed by atoms with E-state index in [0.29, 0.717) is 13.0 Å². The van der Waals surface area contributed by atoms with Gasteiger partial charge in [0.15, 0.2) is 5.96 Å². The number of hydrogen-bond acceptors (Lipinski definition) is 3. The van der Waals surface area contributed by atoms with Crippen LogP contribution in [-0.4, -0.2) is 46.0 Å². The number of guanidine groups is 1. The van der Waals surface area contributed by atoms with Crippen molar-refractivity contribution in [2.24, 2.45) is 4.99 Å². The van der Waals surface area contributed by atoms with Gasteiger partial charge in [0.2, 0.25) is 0 Å². The predicted octanol–water partition coefficient (Wildman–Crippen LogP) is 1.84. The van der Waals surface area contributed by atoms with Crippen LogP contribution in [0.3, 0.4) is 0 Å². The Morgan fingerprint density at radius 1 is 1.13 bits per heavy atom. The summed E-state index contributed by atoms with van der Waals surface area (Å²) in [4.78, 5) is 4.41. The summed E-state index contributed by atoms with van der Waals surface area (Å²) in [5.41, 5.74) is 3.87. The molecule has 0 saturated heterocycles. The minimum atomic E-state index is -2.91. The molecule has 1 rings (SSSR count). The molecule has 2 N–H and O–H groups in total. The quantitative estimate of drug-likeness (QED) is 0.431. The second-order valence-corrected chi connectivity index (χ2v) is 8.18. The van der Waals surface area contributed by atoms with Gasteiger partial charge in [-0.05, 0) is 39.2 Å². The molecule has 1 aromatic carbocycles. The molecule has 0 radical (unpaired) electrons. The molecule has 0 amide bonds. The van der Waals surface area contributed by atoms with Crippen LogP contribution in [0.5, 0.6) is 0 Å². The summed E-state index contributed by atoms with van der Waals surface area (Å²) >= 11 is 0. The zero-order valence-corrected chi connectivity index (χ0v) is 15.5. The lowest BCUT2D eigenvalue weighted by Gasteiger charge is -2.12. The van der Waals surface area contributed by atoms with E-state index in [1.807, 2.05) is 6.92 Å². The van der Waals surface area contributed by atoms with Crippen LogP contribution in [-0.2, 0) is 16.3 Å². The third kappa shape index (κ3) is 9.23. The molecule has 23 heavy (non-hydrogen) atoms. The first-order valence-corrected chi connectivity index (χ1v) is 10.1. The van der Waals surface area contributed by atoms with Crippen LogP contribution in [0.4, 0.5) is 0 Å². The van der Waals surface area contributed by atoms with Crippen molar-refractivity contribution in [1.82, 2.24) is 10.6 Å². The van der Waals surface area contributed by atoms with Gasteiger partial charge in [-0.15, -0.1) is 0 Å². The van der Waals surface area contributed by atoms with Crippen molar-refractivity contribution in [2.75, 3.05) is 31.6 Å². The molecule has 0 aromatic heterocycles. The molecule has 1 aromatic rings. The maximum atomic E-state index is 11.1. The van der Waals surface area contributed by atoms with Crippen LogP contribution in [0, 0.1) is 13.8 Å². The summed E-state index contributed by atoms with van der Waals surface area (Å²) in [5, 5.41) is 6.47. The Labute approximate surface area is 140 Å². The molecule has 0 bridgehead atoms. The van der Waals surface area contributed by atoms with Gasteiger partial charge in [0, 0.05) is 25.9 Å². The first-order chi connectivity index (χ1) is 10.8. The number of aliphatic imine (C=N–C) groups is 1. The number of nitrogens with one attached hydrogen (secondary N) is 2. The third-order valence-corrected chi connectivity index (χ3v) is 4.31. The summed E-state index contributed by atoms with van der Waals surface area (Å²) in [5.74, 6) is 0.920. The smallest absolute Gasteiger partial charge is 0.191 e. The van der Waals surface area contributed by atoms with E-state index in [4.69, 9.17) is 0 Å². The van der Waals surface area contributed by atoms with Crippen molar-refractivity contribution in [3.8, 4) is 0 Å². The molecule has 0 atom stereocenters. The molecule has 0 fully saturated rings. The zero-order valence-electron chi connectivity index (χ0n) is 14.6. The third-order valence-electron chi connectivity index (χ3n) is 3.27. The summed E-state index contributed by atoms with van der Waals surface area (Å²) in [6.45, 7) is 8.31. The highest BCUT2D eigenvalue weighted by Crippen LogP contribution is 2.08. The second-order valence-electron chi connectivity index (χ2n) is 5.92. The van der Waals surface area contributed by atoms with Crippen molar-refractivity contribution in [3.05, 3.63) is 34.9 Å². The lowest BCUT2D eigenvalue weighted by Crippen LogP contribution is -2.38. The van der Waals surface area contributed by atoms with Gasteiger partial charge < -0.3 is 10.6 Å². The second kappa shape index (κ2) is 9.55. The fourth-order valence-electron chi connectivity index (χ4n) is 2.40. The van der Waals surface area contributed by atoms with E-state index >= 15 is 0 Å². The van der Waals surface area contributed by atoms with E-state index in [2.05, 4.69) is 47.7 Å². The summed E-state index contributed by atoms with van der Waals surface area (Å²) in [7, 11) is -2.91. The van der Waals surface area contributed by atoms with E-state index in [1.54, 1.807) is 0 Å². The highest BCUT2D eigenvalue weighted by Gasteiger charge is 2.02. The van der Waals surface area contributed by atoms with Crippen LogP contribution < -0.4 is 10.6 Å². The van der Waals surface area contributed by atoms with Gasteiger partial charge in [0.25, 0.3) is 0 Å². The molecule has 0 aliphatic carbocycles. The maximum Gasteiger partial charge on any atom is 0.191 e. The minimum Gasteiger partial charge on any atom is -0.357 e. The lowest BCUT2D eigenvalue weighted by molar-refractivity contribution is 0.599. The standard InChI is InChI=1S/C17H29N3O2S/c1-5-18-17(19-8-6-10-23(4,21)22)20-9-7-16-12-14(2)11-15(3)13-16/h11-13H,5-10H2,1-4H3,(H2,18,19,20). The molecule has 0 aliphatic rings. The molecule has 0 spiro atoms. The average molecular weight is 340 g/mol. The number of nitrogens with zero attached hydrogens (tertiary/aromatic N) is 1. The van der Waals surface area contributed by atoms with E-state index in [-0.39, 0.29) is 5.75 Å². The van der Waals surface area contributed by atoms with Gasteiger partial charge in [0.1, 0.15) is 9.84 Å². The monoisotopic (exact) mass is 339 g/mol. The Morgan fingerprint density at radius 2 is 1.78 bits per heavy atom. The van der Waals surface area contributed by atoms with Crippen molar-refractivity contribution >= 4 is 15.8 Å². The number of sulfone groups is 1. The van der Waals surface area contributed by atoms with Crippen LogP contribution in [0.25, 0.3) is 0 Å². The Hall–Kier alpha value is -1.56. The summed E-state index contributed by atoms with van der Waals surface area (Å²) in [6.07, 6.45) is 2.73. The van der Waals surface area contributed by atoms with Gasteiger partial charge in [-0.25, -0.2) is 8.42 Å². The van der Waals surface area contributed by atoms with Crippen LogP contribution in [0.1, 0.15) is 30.0 Å². The topological polar surface area (TPSA) is 70.6 Å².